The number of rotatable bonds is 4. The molecule has 2 heterocycles. The van der Waals surface area contributed by atoms with Crippen LogP contribution in [0.1, 0.15) is 17.5 Å². The van der Waals surface area contributed by atoms with E-state index in [2.05, 4.69) is 9.97 Å². The van der Waals surface area contributed by atoms with Crippen LogP contribution >= 0.6 is 0 Å². The highest BCUT2D eigenvalue weighted by molar-refractivity contribution is 5.71. The number of pyridine rings is 2. The van der Waals surface area contributed by atoms with Crippen LogP contribution in [-0.4, -0.2) is 22.5 Å². The van der Waals surface area contributed by atoms with Gasteiger partial charge in [0.15, 0.2) is 6.10 Å². The molecule has 0 radical (unpaired) electrons. The van der Waals surface area contributed by atoms with Gasteiger partial charge in [-0.1, -0.05) is 12.1 Å². The van der Waals surface area contributed by atoms with E-state index in [1.54, 1.807) is 36.7 Å². The lowest BCUT2D eigenvalue weighted by atomic mass is 10.1. The van der Waals surface area contributed by atoms with E-state index in [1.807, 2.05) is 12.1 Å². The second kappa shape index (κ2) is 5.88. The smallest absolute Gasteiger partial charge is 0.320 e. The third-order valence-electron chi connectivity index (χ3n) is 2.33. The zero-order chi connectivity index (χ0) is 12.8. The van der Waals surface area contributed by atoms with Crippen molar-refractivity contribution in [2.75, 3.05) is 6.54 Å². The molecule has 5 nitrogen and oxygen atoms in total. The van der Waals surface area contributed by atoms with Crippen LogP contribution < -0.4 is 5.73 Å². The predicted octanol–water partition coefficient (Wildman–Crippen LogP) is 1.07. The van der Waals surface area contributed by atoms with Gasteiger partial charge in [0.2, 0.25) is 0 Å². The third kappa shape index (κ3) is 2.89. The van der Waals surface area contributed by atoms with E-state index in [0.29, 0.717) is 11.4 Å². The van der Waals surface area contributed by atoms with E-state index in [4.69, 9.17) is 10.5 Å². The Labute approximate surface area is 105 Å². The van der Waals surface area contributed by atoms with Crippen LogP contribution in [0.4, 0.5) is 0 Å². The van der Waals surface area contributed by atoms with Crippen LogP contribution in [0, 0.1) is 0 Å². The maximum absolute atomic E-state index is 11.4. The highest BCUT2D eigenvalue weighted by Crippen LogP contribution is 2.22. The van der Waals surface area contributed by atoms with E-state index in [0.717, 1.165) is 0 Å². The van der Waals surface area contributed by atoms with Crippen LogP contribution in [0.25, 0.3) is 0 Å². The van der Waals surface area contributed by atoms with Gasteiger partial charge in [-0.2, -0.15) is 0 Å². The molecule has 0 amide bonds. The van der Waals surface area contributed by atoms with Gasteiger partial charge in [0.1, 0.15) is 0 Å². The SMILES string of the molecule is NCC(=O)OC(c1ccccn1)c1ccccn1. The number of hydrogen-bond donors (Lipinski definition) is 1. The van der Waals surface area contributed by atoms with Crippen molar-refractivity contribution in [3.05, 3.63) is 60.2 Å². The van der Waals surface area contributed by atoms with E-state index in [9.17, 15) is 4.79 Å². The first-order valence-electron chi connectivity index (χ1n) is 5.52. The monoisotopic (exact) mass is 243 g/mol. The second-order valence-corrected chi connectivity index (χ2v) is 3.58. The molecule has 0 aliphatic heterocycles. The van der Waals surface area contributed by atoms with Gasteiger partial charge in [0, 0.05) is 12.4 Å². The summed E-state index contributed by atoms with van der Waals surface area (Å²) >= 11 is 0. The molecular formula is C13H13N3O2. The van der Waals surface area contributed by atoms with Gasteiger partial charge in [-0.15, -0.1) is 0 Å². The first-order valence-corrected chi connectivity index (χ1v) is 5.52. The molecule has 18 heavy (non-hydrogen) atoms. The number of aromatic nitrogens is 2. The number of carbonyl (C=O) groups excluding carboxylic acids is 1. The fourth-order valence-electron chi connectivity index (χ4n) is 1.51. The van der Waals surface area contributed by atoms with Crippen LogP contribution in [0.2, 0.25) is 0 Å². The Morgan fingerprint density at radius 3 is 2.06 bits per heavy atom. The molecule has 0 spiro atoms. The first kappa shape index (κ1) is 12.2. The fourth-order valence-corrected chi connectivity index (χ4v) is 1.51. The lowest BCUT2D eigenvalue weighted by Crippen LogP contribution is -2.21. The van der Waals surface area contributed by atoms with E-state index in [-0.39, 0.29) is 6.54 Å². The van der Waals surface area contributed by atoms with Gasteiger partial charge in [0.05, 0.1) is 17.9 Å². The summed E-state index contributed by atoms with van der Waals surface area (Å²) in [6.45, 7) is -0.170. The van der Waals surface area contributed by atoms with Gasteiger partial charge >= 0.3 is 5.97 Å². The minimum Gasteiger partial charge on any atom is -0.448 e. The van der Waals surface area contributed by atoms with Crippen LogP contribution in [0.3, 0.4) is 0 Å². The van der Waals surface area contributed by atoms with E-state index in [1.165, 1.54) is 0 Å². The molecule has 0 atom stereocenters. The number of nitrogens with zero attached hydrogens (tertiary/aromatic N) is 2. The highest BCUT2D eigenvalue weighted by Gasteiger charge is 2.20. The van der Waals surface area contributed by atoms with Crippen LogP contribution in [0.15, 0.2) is 48.8 Å². The average Bonchev–Trinajstić information content (AvgIpc) is 2.46. The molecule has 2 N–H and O–H groups in total. The maximum Gasteiger partial charge on any atom is 0.320 e. The lowest BCUT2D eigenvalue weighted by Gasteiger charge is -2.16. The third-order valence-corrected chi connectivity index (χ3v) is 2.33. The summed E-state index contributed by atoms with van der Waals surface area (Å²) in [5, 5.41) is 0. The molecule has 92 valence electrons. The molecule has 0 aromatic carbocycles. The molecule has 0 aliphatic rings. The van der Waals surface area contributed by atoms with Gasteiger partial charge in [0.25, 0.3) is 0 Å². The lowest BCUT2D eigenvalue weighted by molar-refractivity contribution is -0.146. The minimum absolute atomic E-state index is 0.170. The Hall–Kier alpha value is -2.27. The summed E-state index contributed by atoms with van der Waals surface area (Å²) in [5.74, 6) is -0.490. The summed E-state index contributed by atoms with van der Waals surface area (Å²) < 4.78 is 5.28. The maximum atomic E-state index is 11.4. The molecule has 0 unspecified atom stereocenters. The summed E-state index contributed by atoms with van der Waals surface area (Å²) in [4.78, 5) is 19.7. The van der Waals surface area contributed by atoms with Crippen molar-refractivity contribution in [2.45, 2.75) is 6.10 Å². The largest absolute Gasteiger partial charge is 0.448 e. The number of hydrogen-bond acceptors (Lipinski definition) is 5. The Morgan fingerprint density at radius 1 is 1.11 bits per heavy atom. The molecular weight excluding hydrogens is 230 g/mol. The Morgan fingerprint density at radius 2 is 1.67 bits per heavy atom. The Bertz CT molecular complexity index is 463. The van der Waals surface area contributed by atoms with E-state index < -0.39 is 12.1 Å². The number of nitrogens with two attached hydrogens (primary N) is 1. The Kier molecular flexibility index (Phi) is 3.98. The molecule has 0 saturated carbocycles. The molecule has 2 aromatic heterocycles. The van der Waals surface area contributed by atoms with Gasteiger partial charge in [-0.25, -0.2) is 0 Å². The molecule has 2 rings (SSSR count). The first-order chi connectivity index (χ1) is 8.81. The van der Waals surface area contributed by atoms with Crippen molar-refractivity contribution >= 4 is 5.97 Å². The molecule has 0 fully saturated rings. The van der Waals surface area contributed by atoms with Gasteiger partial charge < -0.3 is 10.5 Å². The summed E-state index contributed by atoms with van der Waals surface area (Å²) in [6.07, 6.45) is 2.66. The normalized spacial score (nSPS) is 10.3. The van der Waals surface area contributed by atoms with Crippen molar-refractivity contribution < 1.29 is 9.53 Å². The van der Waals surface area contributed by atoms with Crippen molar-refractivity contribution in [3.8, 4) is 0 Å². The van der Waals surface area contributed by atoms with Crippen molar-refractivity contribution in [3.63, 3.8) is 0 Å². The molecule has 0 aliphatic carbocycles. The van der Waals surface area contributed by atoms with Gasteiger partial charge in [-0.05, 0) is 24.3 Å². The zero-order valence-corrected chi connectivity index (χ0v) is 9.69. The zero-order valence-electron chi connectivity index (χ0n) is 9.69. The van der Waals surface area contributed by atoms with Crippen molar-refractivity contribution in [2.24, 2.45) is 5.73 Å². The number of ether oxygens (including phenoxy) is 1. The number of carbonyl (C=O) groups is 1. The summed E-state index contributed by atoms with van der Waals surface area (Å²) in [6, 6.07) is 10.8. The van der Waals surface area contributed by atoms with Crippen molar-refractivity contribution in [1.82, 2.24) is 9.97 Å². The van der Waals surface area contributed by atoms with Gasteiger partial charge in [-0.3, -0.25) is 14.8 Å². The summed E-state index contributed by atoms with van der Waals surface area (Å²) in [7, 11) is 0. The quantitative estimate of drug-likeness (QED) is 0.812. The molecule has 0 bridgehead atoms. The molecule has 5 heteroatoms. The summed E-state index contributed by atoms with van der Waals surface area (Å²) in [5.41, 5.74) is 6.51. The predicted molar refractivity (Wildman–Crippen MR) is 65.5 cm³/mol. The van der Waals surface area contributed by atoms with Crippen LogP contribution in [0.5, 0.6) is 0 Å². The molecule has 2 aromatic rings. The number of esters is 1. The second-order valence-electron chi connectivity index (χ2n) is 3.58. The highest BCUT2D eigenvalue weighted by atomic mass is 16.5. The minimum atomic E-state index is -0.622. The Balaban J connectivity index is 2.32. The molecule has 0 saturated heterocycles. The topological polar surface area (TPSA) is 78.1 Å². The average molecular weight is 243 g/mol. The van der Waals surface area contributed by atoms with E-state index >= 15 is 0 Å². The standard InChI is InChI=1S/C13H13N3O2/c14-9-12(17)18-13(10-5-1-3-7-15-10)11-6-2-4-8-16-11/h1-8,13H,9,14H2. The fraction of sp³-hybridized carbons (Fsp3) is 0.154. The van der Waals surface area contributed by atoms with Crippen LogP contribution in [-0.2, 0) is 9.53 Å². The van der Waals surface area contributed by atoms with Crippen molar-refractivity contribution in [1.29, 1.82) is 0 Å².